The van der Waals surface area contributed by atoms with Gasteiger partial charge in [0.15, 0.2) is 0 Å². The standard InChI is InChI=1S/C14H17ClN2O3/c1-9(20-12-5-3-2-4-10(12)15)8-16-14(19)11-6-7-13(18)17-11/h2-5,9,11H,6-8H2,1H3,(H,16,19)(H,17,18). The number of rotatable bonds is 5. The molecule has 0 radical (unpaired) electrons. The second-order valence-electron chi connectivity index (χ2n) is 4.76. The first kappa shape index (κ1) is 14.7. The van der Waals surface area contributed by atoms with Crippen molar-refractivity contribution in [3.63, 3.8) is 0 Å². The smallest absolute Gasteiger partial charge is 0.242 e. The Bertz CT molecular complexity index is 507. The molecule has 0 saturated carbocycles. The third-order valence-corrected chi connectivity index (χ3v) is 3.35. The molecule has 1 fully saturated rings. The topological polar surface area (TPSA) is 67.4 Å². The number of carbonyl (C=O) groups is 2. The first-order valence-electron chi connectivity index (χ1n) is 6.54. The summed E-state index contributed by atoms with van der Waals surface area (Å²) in [6.45, 7) is 2.20. The number of carbonyl (C=O) groups excluding carboxylic acids is 2. The number of ether oxygens (including phenoxy) is 1. The summed E-state index contributed by atoms with van der Waals surface area (Å²) in [6, 6.07) is 6.76. The van der Waals surface area contributed by atoms with Crippen LogP contribution in [0.5, 0.6) is 5.75 Å². The molecule has 5 nitrogen and oxygen atoms in total. The van der Waals surface area contributed by atoms with Crippen LogP contribution in [0.4, 0.5) is 0 Å². The normalized spacial score (nSPS) is 19.3. The summed E-state index contributed by atoms with van der Waals surface area (Å²) in [7, 11) is 0. The van der Waals surface area contributed by atoms with E-state index in [0.717, 1.165) is 0 Å². The van der Waals surface area contributed by atoms with Crippen molar-refractivity contribution in [2.45, 2.75) is 31.9 Å². The van der Waals surface area contributed by atoms with Crippen molar-refractivity contribution in [2.75, 3.05) is 6.54 Å². The predicted octanol–water partition coefficient (Wildman–Crippen LogP) is 1.50. The predicted molar refractivity (Wildman–Crippen MR) is 75.7 cm³/mol. The maximum absolute atomic E-state index is 11.8. The summed E-state index contributed by atoms with van der Waals surface area (Å²) in [4.78, 5) is 22.9. The van der Waals surface area contributed by atoms with E-state index in [1.165, 1.54) is 0 Å². The number of amides is 2. The molecule has 0 bridgehead atoms. The summed E-state index contributed by atoms with van der Waals surface area (Å²) in [5.74, 6) is 0.334. The fourth-order valence-corrected chi connectivity index (χ4v) is 2.16. The second-order valence-corrected chi connectivity index (χ2v) is 5.17. The van der Waals surface area contributed by atoms with Crippen molar-refractivity contribution in [2.24, 2.45) is 0 Å². The van der Waals surface area contributed by atoms with Crippen LogP contribution in [0.15, 0.2) is 24.3 Å². The minimum atomic E-state index is -0.421. The van der Waals surface area contributed by atoms with E-state index >= 15 is 0 Å². The van der Waals surface area contributed by atoms with Crippen molar-refractivity contribution >= 4 is 23.4 Å². The van der Waals surface area contributed by atoms with Crippen LogP contribution in [0.3, 0.4) is 0 Å². The highest BCUT2D eigenvalue weighted by Crippen LogP contribution is 2.24. The molecule has 1 aliphatic rings. The molecule has 2 unspecified atom stereocenters. The fraction of sp³-hybridized carbons (Fsp3) is 0.429. The zero-order chi connectivity index (χ0) is 14.5. The summed E-state index contributed by atoms with van der Waals surface area (Å²) in [6.07, 6.45) is 0.740. The number of para-hydroxylation sites is 1. The Balaban J connectivity index is 1.78. The maximum Gasteiger partial charge on any atom is 0.242 e. The molecule has 2 atom stereocenters. The fourth-order valence-electron chi connectivity index (χ4n) is 1.98. The van der Waals surface area contributed by atoms with Gasteiger partial charge in [-0.2, -0.15) is 0 Å². The molecule has 2 amide bonds. The maximum atomic E-state index is 11.8. The van der Waals surface area contributed by atoms with Crippen molar-refractivity contribution in [1.29, 1.82) is 0 Å². The molecule has 1 aliphatic heterocycles. The van der Waals surface area contributed by atoms with Crippen molar-refractivity contribution in [3.05, 3.63) is 29.3 Å². The molecule has 0 aromatic heterocycles. The summed E-state index contributed by atoms with van der Waals surface area (Å²) in [5.41, 5.74) is 0. The molecule has 2 N–H and O–H groups in total. The lowest BCUT2D eigenvalue weighted by atomic mass is 10.2. The van der Waals surface area contributed by atoms with E-state index < -0.39 is 6.04 Å². The SMILES string of the molecule is CC(CNC(=O)C1CCC(=O)N1)Oc1ccccc1Cl. The lowest BCUT2D eigenvalue weighted by Crippen LogP contribution is -2.44. The number of halogens is 1. The lowest BCUT2D eigenvalue weighted by Gasteiger charge is -2.17. The zero-order valence-corrected chi connectivity index (χ0v) is 11.9. The molecule has 1 aromatic carbocycles. The monoisotopic (exact) mass is 296 g/mol. The number of nitrogens with one attached hydrogen (secondary N) is 2. The first-order chi connectivity index (χ1) is 9.56. The lowest BCUT2D eigenvalue weighted by molar-refractivity contribution is -0.126. The van der Waals surface area contributed by atoms with E-state index in [1.807, 2.05) is 19.1 Å². The molecule has 108 valence electrons. The Kier molecular flexibility index (Phi) is 4.84. The molecule has 2 rings (SSSR count). The van der Waals surface area contributed by atoms with Gasteiger partial charge in [0.1, 0.15) is 17.9 Å². The van der Waals surface area contributed by atoms with Gasteiger partial charge in [0.25, 0.3) is 0 Å². The molecular weight excluding hydrogens is 280 g/mol. The number of hydrogen-bond acceptors (Lipinski definition) is 3. The summed E-state index contributed by atoms with van der Waals surface area (Å²) >= 11 is 5.99. The van der Waals surface area contributed by atoms with Crippen LogP contribution in [-0.2, 0) is 9.59 Å². The van der Waals surface area contributed by atoms with Gasteiger partial charge in [0.2, 0.25) is 11.8 Å². The first-order valence-corrected chi connectivity index (χ1v) is 6.92. The van der Waals surface area contributed by atoms with Gasteiger partial charge in [0.05, 0.1) is 11.6 Å². The average molecular weight is 297 g/mol. The van der Waals surface area contributed by atoms with E-state index in [2.05, 4.69) is 10.6 Å². The quantitative estimate of drug-likeness (QED) is 0.865. The molecular formula is C14H17ClN2O3. The Morgan fingerprint density at radius 2 is 2.30 bits per heavy atom. The molecule has 1 saturated heterocycles. The van der Waals surface area contributed by atoms with Gasteiger partial charge < -0.3 is 15.4 Å². The van der Waals surface area contributed by atoms with Crippen LogP contribution in [0.2, 0.25) is 5.02 Å². The molecule has 20 heavy (non-hydrogen) atoms. The van der Waals surface area contributed by atoms with E-state index in [0.29, 0.717) is 30.2 Å². The highest BCUT2D eigenvalue weighted by molar-refractivity contribution is 6.32. The van der Waals surface area contributed by atoms with Crippen molar-refractivity contribution < 1.29 is 14.3 Å². The molecule has 1 heterocycles. The Morgan fingerprint density at radius 3 is 2.95 bits per heavy atom. The third kappa shape index (κ3) is 3.87. The Morgan fingerprint density at radius 1 is 1.55 bits per heavy atom. The summed E-state index contributed by atoms with van der Waals surface area (Å²) in [5, 5.41) is 5.92. The van der Waals surface area contributed by atoms with E-state index in [9.17, 15) is 9.59 Å². The number of hydrogen-bond donors (Lipinski definition) is 2. The van der Waals surface area contributed by atoms with Gasteiger partial charge in [-0.25, -0.2) is 0 Å². The van der Waals surface area contributed by atoms with Crippen molar-refractivity contribution in [3.8, 4) is 5.75 Å². The Hall–Kier alpha value is -1.75. The van der Waals surface area contributed by atoms with Crippen molar-refractivity contribution in [1.82, 2.24) is 10.6 Å². The van der Waals surface area contributed by atoms with Crippen LogP contribution in [0.1, 0.15) is 19.8 Å². The highest BCUT2D eigenvalue weighted by atomic mass is 35.5. The van der Waals surface area contributed by atoms with Crippen LogP contribution >= 0.6 is 11.6 Å². The second kappa shape index (κ2) is 6.61. The largest absolute Gasteiger partial charge is 0.487 e. The minimum Gasteiger partial charge on any atom is -0.487 e. The Labute approximate surface area is 122 Å². The zero-order valence-electron chi connectivity index (χ0n) is 11.2. The third-order valence-electron chi connectivity index (χ3n) is 3.04. The van der Waals surface area contributed by atoms with Gasteiger partial charge >= 0.3 is 0 Å². The van der Waals surface area contributed by atoms with Gasteiger partial charge in [-0.05, 0) is 25.5 Å². The highest BCUT2D eigenvalue weighted by Gasteiger charge is 2.27. The van der Waals surface area contributed by atoms with Crippen LogP contribution in [-0.4, -0.2) is 30.5 Å². The van der Waals surface area contributed by atoms with Crippen LogP contribution in [0, 0.1) is 0 Å². The molecule has 0 spiro atoms. The minimum absolute atomic E-state index is 0.0782. The van der Waals surface area contributed by atoms with Gasteiger partial charge in [-0.3, -0.25) is 9.59 Å². The van der Waals surface area contributed by atoms with Gasteiger partial charge in [0, 0.05) is 6.42 Å². The van der Waals surface area contributed by atoms with Crippen LogP contribution < -0.4 is 15.4 Å². The molecule has 0 aliphatic carbocycles. The molecule has 6 heteroatoms. The number of benzene rings is 1. The van der Waals surface area contributed by atoms with E-state index in [-0.39, 0.29) is 17.9 Å². The van der Waals surface area contributed by atoms with Gasteiger partial charge in [-0.15, -0.1) is 0 Å². The van der Waals surface area contributed by atoms with E-state index in [1.54, 1.807) is 12.1 Å². The molecule has 1 aromatic rings. The van der Waals surface area contributed by atoms with E-state index in [4.69, 9.17) is 16.3 Å². The summed E-state index contributed by atoms with van der Waals surface area (Å²) < 4.78 is 5.65. The average Bonchev–Trinajstić information content (AvgIpc) is 2.85. The van der Waals surface area contributed by atoms with Gasteiger partial charge in [-0.1, -0.05) is 23.7 Å². The van der Waals surface area contributed by atoms with Crippen LogP contribution in [0.25, 0.3) is 0 Å².